The van der Waals surface area contributed by atoms with Gasteiger partial charge in [-0.05, 0) is 70.8 Å². The van der Waals surface area contributed by atoms with Gasteiger partial charge in [0.05, 0.1) is 8.80 Å². The summed E-state index contributed by atoms with van der Waals surface area (Å²) in [5.74, 6) is 0. The molecule has 0 aromatic carbocycles. The van der Waals surface area contributed by atoms with E-state index in [9.17, 15) is 0 Å². The van der Waals surface area contributed by atoms with Gasteiger partial charge in [0.1, 0.15) is 0 Å². The molecule has 20 heavy (non-hydrogen) atoms. The molecule has 1 aliphatic carbocycles. The third-order valence-electron chi connectivity index (χ3n) is 4.31. The first kappa shape index (κ1) is 25.9. The van der Waals surface area contributed by atoms with E-state index >= 15 is 0 Å². The minimum atomic E-state index is -0.878. The van der Waals surface area contributed by atoms with Gasteiger partial charge in [-0.2, -0.15) is 0 Å². The zero-order valence-corrected chi connectivity index (χ0v) is 18.6. The molecule has 0 saturated heterocycles. The van der Waals surface area contributed by atoms with E-state index in [0.29, 0.717) is 0 Å². The second kappa shape index (κ2) is 8.55. The molecule has 1 aliphatic rings. The summed E-state index contributed by atoms with van der Waals surface area (Å²) >= 11 is 0. The van der Waals surface area contributed by atoms with Crippen LogP contribution in [0.4, 0.5) is 0 Å². The standard InChI is InChI=1S/C15H29NSi.2ClH.Ti/c1-10-11(2)13(4)15(12(10)3,17(8)9)16-14(5,6)7;;;/h16-17H,1-9H3;2*1H;/q;;;+2/p-2. The molecule has 0 bridgehead atoms. The molecule has 0 heterocycles. The number of allylic oxidation sites excluding steroid dienone is 2. The van der Waals surface area contributed by atoms with Crippen LogP contribution in [-0.2, 0) is 21.7 Å². The number of hydrogen-bond acceptors (Lipinski definition) is 1. The number of rotatable bonds is 2. The second-order valence-corrected chi connectivity index (χ2v) is 10.0. The molecule has 0 spiro atoms. The number of nitrogens with one attached hydrogen (secondary N) is 1. The molecular formula is C15H29Cl2NSiTi. The molecule has 116 valence electrons. The van der Waals surface area contributed by atoms with Crippen molar-refractivity contribution >= 4 is 8.80 Å². The summed E-state index contributed by atoms with van der Waals surface area (Å²) in [5.41, 5.74) is 6.28. The first-order valence-electron chi connectivity index (χ1n) is 6.69. The second-order valence-electron chi connectivity index (χ2n) is 6.84. The molecule has 0 aliphatic heterocycles. The van der Waals surface area contributed by atoms with Crippen molar-refractivity contribution in [2.24, 2.45) is 0 Å². The molecule has 0 aromatic rings. The van der Waals surface area contributed by atoms with E-state index in [-0.39, 0.29) is 57.2 Å². The fourth-order valence-corrected chi connectivity index (χ4v) is 6.11. The van der Waals surface area contributed by atoms with E-state index in [1.54, 1.807) is 11.1 Å². The van der Waals surface area contributed by atoms with Gasteiger partial charge in [0.15, 0.2) is 0 Å². The molecule has 1 nitrogen and oxygen atoms in total. The Balaban J connectivity index is -0.000000963. The van der Waals surface area contributed by atoms with Crippen molar-refractivity contribution < 1.29 is 46.5 Å². The Morgan fingerprint density at radius 2 is 1.15 bits per heavy atom. The summed E-state index contributed by atoms with van der Waals surface area (Å²) in [5, 5.41) is 4.12. The molecule has 0 unspecified atom stereocenters. The van der Waals surface area contributed by atoms with Gasteiger partial charge in [-0.25, -0.2) is 0 Å². The normalized spacial score (nSPS) is 17.7. The summed E-state index contributed by atoms with van der Waals surface area (Å²) in [6.07, 6.45) is 0. The Kier molecular flexibility index (Phi) is 11.1. The average Bonchev–Trinajstić information content (AvgIpc) is 2.32. The Hall–Kier alpha value is 0.951. The van der Waals surface area contributed by atoms with Crippen LogP contribution in [0.15, 0.2) is 22.3 Å². The molecule has 0 saturated carbocycles. The minimum Gasteiger partial charge on any atom is -1.00 e. The Labute approximate surface area is 154 Å². The van der Waals surface area contributed by atoms with E-state index in [1.165, 1.54) is 11.1 Å². The number of halogens is 2. The van der Waals surface area contributed by atoms with E-state index in [1.807, 2.05) is 0 Å². The fourth-order valence-electron chi connectivity index (χ4n) is 3.22. The van der Waals surface area contributed by atoms with Gasteiger partial charge < -0.3 is 30.1 Å². The summed E-state index contributed by atoms with van der Waals surface area (Å²) in [6, 6.07) is 0. The summed E-state index contributed by atoms with van der Waals surface area (Å²) in [7, 11) is -0.878. The Bertz CT molecular complexity index is 371. The van der Waals surface area contributed by atoms with Gasteiger partial charge in [0.25, 0.3) is 0 Å². The van der Waals surface area contributed by atoms with Crippen LogP contribution in [0.2, 0.25) is 13.1 Å². The molecule has 0 aromatic heterocycles. The molecule has 0 fully saturated rings. The van der Waals surface area contributed by atoms with E-state index < -0.39 is 8.80 Å². The van der Waals surface area contributed by atoms with E-state index in [2.05, 4.69) is 66.9 Å². The van der Waals surface area contributed by atoms with Crippen LogP contribution in [0.25, 0.3) is 0 Å². The van der Waals surface area contributed by atoms with Crippen LogP contribution in [0, 0.1) is 0 Å². The third-order valence-corrected chi connectivity index (χ3v) is 7.05. The quantitative estimate of drug-likeness (QED) is 0.546. The van der Waals surface area contributed by atoms with Gasteiger partial charge >= 0.3 is 21.7 Å². The van der Waals surface area contributed by atoms with Gasteiger partial charge in [0, 0.05) is 10.7 Å². The molecule has 0 amide bonds. The van der Waals surface area contributed by atoms with Gasteiger partial charge in [0.2, 0.25) is 0 Å². The molecule has 0 atom stereocenters. The van der Waals surface area contributed by atoms with Crippen LogP contribution >= 0.6 is 0 Å². The van der Waals surface area contributed by atoms with Crippen molar-refractivity contribution in [2.45, 2.75) is 72.3 Å². The minimum absolute atomic E-state index is 0. The zero-order valence-electron chi connectivity index (χ0n) is 14.3. The Morgan fingerprint density at radius 3 is 1.35 bits per heavy atom. The smallest absolute Gasteiger partial charge is 1.00 e. The zero-order chi connectivity index (χ0) is 13.6. The van der Waals surface area contributed by atoms with Crippen LogP contribution < -0.4 is 30.1 Å². The predicted octanol–water partition coefficient (Wildman–Crippen LogP) is -2.17. The SMILES string of the molecule is CC1=C(C)C(NC(C)(C)C)([SiH](C)C)C(C)=C1C.[Cl-].[Cl-].[Ti+2]. The molecule has 1 rings (SSSR count). The monoisotopic (exact) mass is 369 g/mol. The maximum Gasteiger partial charge on any atom is 2.00 e. The summed E-state index contributed by atoms with van der Waals surface area (Å²) < 4.78 is 0. The van der Waals surface area contributed by atoms with Crippen LogP contribution in [-0.4, -0.2) is 19.5 Å². The first-order valence-corrected chi connectivity index (χ1v) is 9.58. The van der Waals surface area contributed by atoms with Gasteiger partial charge in [-0.1, -0.05) is 13.1 Å². The van der Waals surface area contributed by atoms with Crippen LogP contribution in [0.5, 0.6) is 0 Å². The summed E-state index contributed by atoms with van der Waals surface area (Å²) in [6.45, 7) is 20.9. The fraction of sp³-hybridized carbons (Fsp3) is 0.733. The van der Waals surface area contributed by atoms with Crippen molar-refractivity contribution in [1.82, 2.24) is 5.32 Å². The van der Waals surface area contributed by atoms with E-state index in [0.717, 1.165) is 0 Å². The van der Waals surface area contributed by atoms with Crippen LogP contribution in [0.1, 0.15) is 48.5 Å². The summed E-state index contributed by atoms with van der Waals surface area (Å²) in [4.78, 5) is 0. The molecule has 1 N–H and O–H groups in total. The maximum absolute atomic E-state index is 3.94. The topological polar surface area (TPSA) is 12.0 Å². The Morgan fingerprint density at radius 1 is 0.850 bits per heavy atom. The largest absolute Gasteiger partial charge is 2.00 e. The third kappa shape index (κ3) is 4.47. The van der Waals surface area contributed by atoms with E-state index in [4.69, 9.17) is 0 Å². The van der Waals surface area contributed by atoms with Gasteiger partial charge in [-0.3, -0.25) is 0 Å². The molecule has 0 radical (unpaired) electrons. The molecule has 5 heteroatoms. The van der Waals surface area contributed by atoms with Crippen molar-refractivity contribution in [2.75, 3.05) is 0 Å². The predicted molar refractivity (Wildman–Crippen MR) is 81.2 cm³/mol. The number of hydrogen-bond donors (Lipinski definition) is 1. The first-order chi connectivity index (χ1) is 7.54. The maximum atomic E-state index is 3.94. The van der Waals surface area contributed by atoms with Gasteiger partial charge in [-0.15, -0.1) is 0 Å². The van der Waals surface area contributed by atoms with Crippen molar-refractivity contribution in [3.63, 3.8) is 0 Å². The van der Waals surface area contributed by atoms with Crippen molar-refractivity contribution in [3.05, 3.63) is 22.3 Å². The van der Waals surface area contributed by atoms with Crippen molar-refractivity contribution in [3.8, 4) is 0 Å². The molecular weight excluding hydrogens is 341 g/mol. The van der Waals surface area contributed by atoms with Crippen molar-refractivity contribution in [1.29, 1.82) is 0 Å². The van der Waals surface area contributed by atoms with Crippen LogP contribution in [0.3, 0.4) is 0 Å². The average molecular weight is 370 g/mol.